The molecule has 0 saturated heterocycles. The number of hydrogen-bond acceptors (Lipinski definition) is 3. The molecule has 0 aliphatic heterocycles. The zero-order valence-corrected chi connectivity index (χ0v) is 11.5. The molecule has 6 heteroatoms. The number of hydrogen-bond donors (Lipinski definition) is 2. The molecule has 0 fully saturated rings. The van der Waals surface area contributed by atoms with E-state index in [1.54, 1.807) is 18.2 Å². The Morgan fingerprint density at radius 3 is 2.78 bits per heavy atom. The van der Waals surface area contributed by atoms with Crippen LogP contribution in [0.2, 0.25) is 10.0 Å². The van der Waals surface area contributed by atoms with Gasteiger partial charge in [0, 0.05) is 19.2 Å². The molecule has 18 heavy (non-hydrogen) atoms. The molecule has 0 bridgehead atoms. The van der Waals surface area contributed by atoms with Gasteiger partial charge in [0.2, 0.25) is 0 Å². The van der Waals surface area contributed by atoms with Gasteiger partial charge in [0.15, 0.2) is 6.61 Å². The van der Waals surface area contributed by atoms with Crippen LogP contribution in [0.1, 0.15) is 6.92 Å². The maximum Gasteiger partial charge on any atom is 0.257 e. The van der Waals surface area contributed by atoms with Crippen LogP contribution in [0.25, 0.3) is 0 Å². The van der Waals surface area contributed by atoms with Gasteiger partial charge >= 0.3 is 0 Å². The predicted molar refractivity (Wildman–Crippen MR) is 71.2 cm³/mol. The van der Waals surface area contributed by atoms with Crippen LogP contribution in [0.3, 0.4) is 0 Å². The normalized spacial score (nSPS) is 12.0. The number of rotatable bonds is 6. The molecule has 4 nitrogen and oxygen atoms in total. The second-order valence-electron chi connectivity index (χ2n) is 3.96. The Morgan fingerprint density at radius 2 is 2.17 bits per heavy atom. The predicted octanol–water partition coefficient (Wildman–Crippen LogP) is 2.12. The van der Waals surface area contributed by atoms with Crippen LogP contribution in [0.15, 0.2) is 18.2 Å². The molecule has 1 aromatic carbocycles. The molecule has 100 valence electrons. The topological polar surface area (TPSA) is 58.6 Å². The summed E-state index contributed by atoms with van der Waals surface area (Å²) in [6.07, 6.45) is 0. The molecule has 0 heterocycles. The number of halogens is 2. The van der Waals surface area contributed by atoms with Crippen molar-refractivity contribution in [3.05, 3.63) is 28.2 Å². The van der Waals surface area contributed by atoms with E-state index in [-0.39, 0.29) is 25.0 Å². The van der Waals surface area contributed by atoms with Crippen LogP contribution < -0.4 is 10.1 Å². The highest BCUT2D eigenvalue weighted by Gasteiger charge is 2.06. The number of amides is 1. The Morgan fingerprint density at radius 1 is 1.44 bits per heavy atom. The van der Waals surface area contributed by atoms with Crippen molar-refractivity contribution in [2.75, 3.05) is 19.8 Å². The van der Waals surface area contributed by atoms with E-state index in [2.05, 4.69) is 5.32 Å². The summed E-state index contributed by atoms with van der Waals surface area (Å²) in [7, 11) is 0. The standard InChI is InChI=1S/C12H15Cl2NO3/c1-8(6-16)5-15-12(17)7-18-9-2-3-10(13)11(14)4-9/h2-4,8,16H,5-7H2,1H3,(H,15,17). The highest BCUT2D eigenvalue weighted by Crippen LogP contribution is 2.26. The van der Waals surface area contributed by atoms with Gasteiger partial charge in [-0.05, 0) is 18.1 Å². The van der Waals surface area contributed by atoms with Gasteiger partial charge in [-0.25, -0.2) is 0 Å². The molecule has 1 atom stereocenters. The van der Waals surface area contributed by atoms with Crippen LogP contribution in [0.4, 0.5) is 0 Å². The SMILES string of the molecule is CC(CO)CNC(=O)COc1ccc(Cl)c(Cl)c1. The Kier molecular flexibility index (Phi) is 6.25. The quantitative estimate of drug-likeness (QED) is 0.844. The molecule has 0 aliphatic carbocycles. The maximum atomic E-state index is 11.4. The monoisotopic (exact) mass is 291 g/mol. The summed E-state index contributed by atoms with van der Waals surface area (Å²) in [5.41, 5.74) is 0. The van der Waals surface area contributed by atoms with Gasteiger partial charge in [0.1, 0.15) is 5.75 Å². The largest absolute Gasteiger partial charge is 0.484 e. The summed E-state index contributed by atoms with van der Waals surface area (Å²) in [5, 5.41) is 12.3. The lowest BCUT2D eigenvalue weighted by molar-refractivity contribution is -0.123. The number of aliphatic hydroxyl groups is 1. The summed E-state index contributed by atoms with van der Waals surface area (Å²) in [6.45, 7) is 2.18. The Balaban J connectivity index is 2.36. The number of nitrogens with one attached hydrogen (secondary N) is 1. The summed E-state index contributed by atoms with van der Waals surface area (Å²) in [6, 6.07) is 4.79. The Labute approximate surface area is 116 Å². The highest BCUT2D eigenvalue weighted by atomic mass is 35.5. The Bertz CT molecular complexity index is 412. The lowest BCUT2D eigenvalue weighted by atomic mass is 10.2. The minimum absolute atomic E-state index is 0.0268. The molecule has 0 spiro atoms. The maximum absolute atomic E-state index is 11.4. The van der Waals surface area contributed by atoms with E-state index in [4.69, 9.17) is 33.0 Å². The molecular formula is C12H15Cl2NO3. The molecule has 1 amide bonds. The van der Waals surface area contributed by atoms with Crippen molar-refractivity contribution in [3.8, 4) is 5.75 Å². The zero-order valence-electron chi connectivity index (χ0n) is 9.95. The molecule has 0 aliphatic rings. The van der Waals surface area contributed by atoms with Gasteiger partial charge in [-0.15, -0.1) is 0 Å². The average Bonchev–Trinajstić information content (AvgIpc) is 2.37. The molecular weight excluding hydrogens is 277 g/mol. The molecule has 2 N–H and O–H groups in total. The number of aliphatic hydroxyl groups excluding tert-OH is 1. The third kappa shape index (κ3) is 5.12. The van der Waals surface area contributed by atoms with Crippen molar-refractivity contribution >= 4 is 29.1 Å². The van der Waals surface area contributed by atoms with Crippen LogP contribution >= 0.6 is 23.2 Å². The van der Waals surface area contributed by atoms with Gasteiger partial charge in [-0.1, -0.05) is 30.1 Å². The number of carbonyl (C=O) groups excluding carboxylic acids is 1. The summed E-state index contributed by atoms with van der Waals surface area (Å²) in [4.78, 5) is 11.4. The smallest absolute Gasteiger partial charge is 0.257 e. The first kappa shape index (κ1) is 15.1. The Hall–Kier alpha value is -0.970. The fourth-order valence-corrected chi connectivity index (χ4v) is 1.41. The minimum atomic E-state index is -0.249. The first-order valence-corrected chi connectivity index (χ1v) is 6.24. The van der Waals surface area contributed by atoms with E-state index in [1.807, 2.05) is 6.92 Å². The number of carbonyl (C=O) groups is 1. The summed E-state index contributed by atoms with van der Waals surface area (Å²) >= 11 is 11.6. The van der Waals surface area contributed by atoms with Crippen molar-refractivity contribution in [1.29, 1.82) is 0 Å². The number of benzene rings is 1. The fourth-order valence-electron chi connectivity index (χ4n) is 1.12. The van der Waals surface area contributed by atoms with Gasteiger partial charge in [0.25, 0.3) is 5.91 Å². The van der Waals surface area contributed by atoms with E-state index in [0.29, 0.717) is 22.3 Å². The van der Waals surface area contributed by atoms with Crippen LogP contribution in [-0.4, -0.2) is 30.8 Å². The molecule has 1 rings (SSSR count). The van der Waals surface area contributed by atoms with Crippen molar-refractivity contribution in [2.24, 2.45) is 5.92 Å². The molecule has 0 saturated carbocycles. The van der Waals surface area contributed by atoms with Crippen LogP contribution in [-0.2, 0) is 4.79 Å². The van der Waals surface area contributed by atoms with Crippen molar-refractivity contribution < 1.29 is 14.6 Å². The molecule has 1 aromatic rings. The third-order valence-electron chi connectivity index (χ3n) is 2.22. The van der Waals surface area contributed by atoms with Crippen molar-refractivity contribution in [1.82, 2.24) is 5.32 Å². The van der Waals surface area contributed by atoms with Gasteiger partial charge in [-0.3, -0.25) is 4.79 Å². The fraction of sp³-hybridized carbons (Fsp3) is 0.417. The molecule has 0 aromatic heterocycles. The van der Waals surface area contributed by atoms with Gasteiger partial charge < -0.3 is 15.2 Å². The molecule has 0 radical (unpaired) electrons. The minimum Gasteiger partial charge on any atom is -0.484 e. The zero-order chi connectivity index (χ0) is 13.5. The van der Waals surface area contributed by atoms with Crippen molar-refractivity contribution in [2.45, 2.75) is 6.92 Å². The van der Waals surface area contributed by atoms with Gasteiger partial charge in [-0.2, -0.15) is 0 Å². The summed E-state index contributed by atoms with van der Waals surface area (Å²) < 4.78 is 5.25. The van der Waals surface area contributed by atoms with Crippen LogP contribution in [0.5, 0.6) is 5.75 Å². The summed E-state index contributed by atoms with van der Waals surface area (Å²) in [5.74, 6) is 0.259. The second-order valence-corrected chi connectivity index (χ2v) is 4.77. The average molecular weight is 292 g/mol. The van der Waals surface area contributed by atoms with E-state index in [1.165, 1.54) is 0 Å². The number of ether oxygens (including phenoxy) is 1. The lowest BCUT2D eigenvalue weighted by Crippen LogP contribution is -2.33. The third-order valence-corrected chi connectivity index (χ3v) is 2.96. The lowest BCUT2D eigenvalue weighted by Gasteiger charge is -2.10. The molecule has 1 unspecified atom stereocenters. The van der Waals surface area contributed by atoms with E-state index in [9.17, 15) is 4.79 Å². The second kappa shape index (κ2) is 7.46. The van der Waals surface area contributed by atoms with E-state index in [0.717, 1.165) is 0 Å². The van der Waals surface area contributed by atoms with Crippen molar-refractivity contribution in [3.63, 3.8) is 0 Å². The first-order chi connectivity index (χ1) is 8.52. The first-order valence-electron chi connectivity index (χ1n) is 5.48. The highest BCUT2D eigenvalue weighted by molar-refractivity contribution is 6.42. The van der Waals surface area contributed by atoms with E-state index >= 15 is 0 Å². The van der Waals surface area contributed by atoms with Crippen LogP contribution in [0, 0.1) is 5.92 Å². The van der Waals surface area contributed by atoms with E-state index < -0.39 is 0 Å². The van der Waals surface area contributed by atoms with Gasteiger partial charge in [0.05, 0.1) is 10.0 Å².